The van der Waals surface area contributed by atoms with E-state index in [-0.39, 0.29) is 17.7 Å². The molecule has 1 atom stereocenters. The minimum Gasteiger partial charge on any atom is -0.463 e. The van der Waals surface area contributed by atoms with E-state index >= 15 is 0 Å². The van der Waals surface area contributed by atoms with Crippen molar-refractivity contribution in [2.45, 2.75) is 12.6 Å². The van der Waals surface area contributed by atoms with E-state index < -0.39 is 5.97 Å². The molecular weight excluding hydrogens is 262 g/mol. The van der Waals surface area contributed by atoms with Gasteiger partial charge in [0.1, 0.15) is 6.04 Å². The first kappa shape index (κ1) is 14.5. The van der Waals surface area contributed by atoms with Crippen LogP contribution in [0.3, 0.4) is 0 Å². The Morgan fingerprint density at radius 3 is 3.10 bits per heavy atom. The summed E-state index contributed by atoms with van der Waals surface area (Å²) in [5, 5.41) is 5.85. The van der Waals surface area contributed by atoms with Gasteiger partial charge in [-0.15, -0.1) is 0 Å². The minimum absolute atomic E-state index is 0.0414. The Bertz CT molecular complexity index is 486. The van der Waals surface area contributed by atoms with Crippen LogP contribution in [0.15, 0.2) is 16.7 Å². The van der Waals surface area contributed by atoms with Gasteiger partial charge < -0.3 is 19.8 Å². The van der Waals surface area contributed by atoms with Crippen molar-refractivity contribution in [3.63, 3.8) is 0 Å². The van der Waals surface area contributed by atoms with Gasteiger partial charge in [0.15, 0.2) is 0 Å². The summed E-state index contributed by atoms with van der Waals surface area (Å²) < 4.78 is 9.84. The Kier molecular flexibility index (Phi) is 4.75. The van der Waals surface area contributed by atoms with Gasteiger partial charge in [0, 0.05) is 38.8 Å². The normalized spacial score (nSPS) is 19.6. The van der Waals surface area contributed by atoms with Crippen molar-refractivity contribution in [2.75, 3.05) is 33.8 Å². The average Bonchev–Trinajstić information content (AvgIpc) is 2.94. The maximum atomic E-state index is 11.9. The number of ether oxygens (including phenoxy) is 1. The highest BCUT2D eigenvalue weighted by Gasteiger charge is 2.29. The third-order valence-corrected chi connectivity index (χ3v) is 3.39. The van der Waals surface area contributed by atoms with Gasteiger partial charge in [-0.1, -0.05) is 0 Å². The Hall–Kier alpha value is -1.86. The summed E-state index contributed by atoms with van der Waals surface area (Å²) in [7, 11) is 2.93. The summed E-state index contributed by atoms with van der Waals surface area (Å²) in [5.41, 5.74) is 0.729. The van der Waals surface area contributed by atoms with Crippen LogP contribution in [0, 0.1) is 0 Å². The fourth-order valence-electron chi connectivity index (χ4n) is 2.31. The highest BCUT2D eigenvalue weighted by atomic mass is 16.5. The van der Waals surface area contributed by atoms with Gasteiger partial charge in [-0.25, -0.2) is 4.79 Å². The smallest absolute Gasteiger partial charge is 0.374 e. The van der Waals surface area contributed by atoms with Crippen LogP contribution < -0.4 is 10.6 Å². The van der Waals surface area contributed by atoms with Gasteiger partial charge in [-0.3, -0.25) is 9.69 Å². The lowest BCUT2D eigenvalue weighted by molar-refractivity contribution is -0.126. The molecule has 1 unspecified atom stereocenters. The molecule has 0 saturated carbocycles. The topological polar surface area (TPSA) is 83.8 Å². The summed E-state index contributed by atoms with van der Waals surface area (Å²) >= 11 is 0. The molecule has 1 aliphatic rings. The monoisotopic (exact) mass is 281 g/mol. The van der Waals surface area contributed by atoms with E-state index in [1.54, 1.807) is 13.1 Å². The number of likely N-dealkylation sites (N-methyl/N-ethyl adjacent to an activating group) is 1. The molecule has 0 aromatic carbocycles. The third kappa shape index (κ3) is 3.00. The minimum atomic E-state index is -0.503. The van der Waals surface area contributed by atoms with Crippen molar-refractivity contribution in [3.05, 3.63) is 23.7 Å². The second-order valence-electron chi connectivity index (χ2n) is 4.57. The van der Waals surface area contributed by atoms with Crippen molar-refractivity contribution < 1.29 is 18.7 Å². The number of furan rings is 1. The number of hydrogen-bond donors (Lipinski definition) is 2. The van der Waals surface area contributed by atoms with Gasteiger partial charge in [0.2, 0.25) is 11.7 Å². The summed E-state index contributed by atoms with van der Waals surface area (Å²) in [4.78, 5) is 25.5. The van der Waals surface area contributed by atoms with E-state index in [2.05, 4.69) is 15.4 Å². The average molecular weight is 281 g/mol. The number of hydrogen-bond acceptors (Lipinski definition) is 6. The SMILES string of the molecule is CNC(=O)C1CNCCN1Cc1ccoc1C(=O)OC. The second-order valence-corrected chi connectivity index (χ2v) is 4.57. The van der Waals surface area contributed by atoms with Crippen LogP contribution in [0.4, 0.5) is 0 Å². The first-order valence-corrected chi connectivity index (χ1v) is 6.48. The molecule has 7 nitrogen and oxygen atoms in total. The van der Waals surface area contributed by atoms with Crippen LogP contribution in [0.1, 0.15) is 16.1 Å². The summed E-state index contributed by atoms with van der Waals surface area (Å²) in [6, 6.07) is 1.48. The highest BCUT2D eigenvalue weighted by molar-refractivity contribution is 5.88. The second kappa shape index (κ2) is 6.53. The zero-order valence-corrected chi connectivity index (χ0v) is 11.6. The number of nitrogens with zero attached hydrogens (tertiary/aromatic N) is 1. The Labute approximate surface area is 117 Å². The number of esters is 1. The number of carbonyl (C=O) groups is 2. The summed E-state index contributed by atoms with van der Waals surface area (Å²) in [5.74, 6) is -0.348. The molecule has 20 heavy (non-hydrogen) atoms. The van der Waals surface area contributed by atoms with Crippen molar-refractivity contribution in [3.8, 4) is 0 Å². The molecule has 2 heterocycles. The lowest BCUT2D eigenvalue weighted by atomic mass is 10.1. The fraction of sp³-hybridized carbons (Fsp3) is 0.538. The van der Waals surface area contributed by atoms with Crippen molar-refractivity contribution in [1.29, 1.82) is 0 Å². The van der Waals surface area contributed by atoms with Crippen molar-refractivity contribution in [1.82, 2.24) is 15.5 Å². The number of methoxy groups -OCH3 is 1. The quantitative estimate of drug-likeness (QED) is 0.730. The Morgan fingerprint density at radius 2 is 2.40 bits per heavy atom. The third-order valence-electron chi connectivity index (χ3n) is 3.39. The fourth-order valence-corrected chi connectivity index (χ4v) is 2.31. The van der Waals surface area contributed by atoms with E-state index in [0.717, 1.165) is 18.7 Å². The molecule has 2 N–H and O–H groups in total. The molecule has 1 aromatic rings. The van der Waals surface area contributed by atoms with Crippen LogP contribution in [-0.2, 0) is 16.1 Å². The molecule has 1 fully saturated rings. The Balaban J connectivity index is 2.13. The van der Waals surface area contributed by atoms with Crippen LogP contribution in [0.25, 0.3) is 0 Å². The number of nitrogens with one attached hydrogen (secondary N) is 2. The van der Waals surface area contributed by atoms with Gasteiger partial charge in [-0.05, 0) is 6.07 Å². The van der Waals surface area contributed by atoms with Gasteiger partial charge in [0.25, 0.3) is 0 Å². The van der Waals surface area contributed by atoms with Crippen molar-refractivity contribution >= 4 is 11.9 Å². The number of amides is 1. The van der Waals surface area contributed by atoms with Crippen LogP contribution in [0.2, 0.25) is 0 Å². The molecule has 0 radical (unpaired) electrons. The molecule has 0 spiro atoms. The zero-order valence-electron chi connectivity index (χ0n) is 11.6. The predicted octanol–water partition coefficient (Wildman–Crippen LogP) is -0.414. The number of piperazine rings is 1. The van der Waals surface area contributed by atoms with Gasteiger partial charge in [-0.2, -0.15) is 0 Å². The highest BCUT2D eigenvalue weighted by Crippen LogP contribution is 2.17. The predicted molar refractivity (Wildman–Crippen MR) is 71.2 cm³/mol. The largest absolute Gasteiger partial charge is 0.463 e. The number of carbonyl (C=O) groups excluding carboxylic acids is 2. The molecule has 1 aromatic heterocycles. The molecule has 0 aliphatic carbocycles. The molecule has 1 amide bonds. The maximum Gasteiger partial charge on any atom is 0.374 e. The molecule has 1 saturated heterocycles. The van der Waals surface area contributed by atoms with Crippen LogP contribution in [0.5, 0.6) is 0 Å². The van der Waals surface area contributed by atoms with E-state index in [1.807, 2.05) is 4.90 Å². The van der Waals surface area contributed by atoms with Gasteiger partial charge in [0.05, 0.1) is 13.4 Å². The maximum absolute atomic E-state index is 11.9. The van der Waals surface area contributed by atoms with Crippen molar-refractivity contribution in [2.24, 2.45) is 0 Å². The molecular formula is C13H19N3O4. The summed E-state index contributed by atoms with van der Waals surface area (Å²) in [6.07, 6.45) is 1.46. The van der Waals surface area contributed by atoms with Gasteiger partial charge >= 0.3 is 5.97 Å². The number of rotatable bonds is 4. The van der Waals surface area contributed by atoms with Crippen LogP contribution in [-0.4, -0.2) is 56.6 Å². The van der Waals surface area contributed by atoms with Crippen LogP contribution >= 0.6 is 0 Å². The lowest BCUT2D eigenvalue weighted by Gasteiger charge is -2.34. The first-order valence-electron chi connectivity index (χ1n) is 6.48. The van der Waals surface area contributed by atoms with E-state index in [1.165, 1.54) is 13.4 Å². The first-order chi connectivity index (χ1) is 9.67. The molecule has 0 bridgehead atoms. The molecule has 110 valence electrons. The van der Waals surface area contributed by atoms with E-state index in [9.17, 15) is 9.59 Å². The molecule has 2 rings (SSSR count). The standard InChI is InChI=1S/C13H19N3O4/c1-14-12(17)10-7-15-4-5-16(10)8-9-3-6-20-11(9)13(18)19-2/h3,6,10,15H,4-5,7-8H2,1-2H3,(H,14,17). The zero-order chi connectivity index (χ0) is 14.5. The van der Waals surface area contributed by atoms with E-state index in [4.69, 9.17) is 4.42 Å². The van der Waals surface area contributed by atoms with E-state index in [0.29, 0.717) is 13.1 Å². The lowest BCUT2D eigenvalue weighted by Crippen LogP contribution is -2.56. The summed E-state index contributed by atoms with van der Waals surface area (Å²) in [6.45, 7) is 2.59. The Morgan fingerprint density at radius 1 is 1.60 bits per heavy atom. The molecule has 7 heteroatoms. The molecule has 1 aliphatic heterocycles.